The van der Waals surface area contributed by atoms with Gasteiger partial charge in [-0.1, -0.05) is 25.2 Å². The fourth-order valence-corrected chi connectivity index (χ4v) is 1.08. The maximum Gasteiger partial charge on any atom is 0.116 e. The molecule has 0 saturated carbocycles. The van der Waals surface area contributed by atoms with Gasteiger partial charge in [-0.3, -0.25) is 0 Å². The number of allylic oxidation sites excluding steroid dienone is 1. The number of hydrogen-bond acceptors (Lipinski definition) is 2. The third kappa shape index (κ3) is 2.82. The molecule has 0 saturated heterocycles. The van der Waals surface area contributed by atoms with Gasteiger partial charge in [0.05, 0.1) is 5.35 Å². The van der Waals surface area contributed by atoms with Crippen LogP contribution < -0.4 is 10.6 Å². The van der Waals surface area contributed by atoms with Crippen LogP contribution in [0.25, 0.3) is 12.2 Å². The first-order valence-corrected chi connectivity index (χ1v) is 4.37. The fraction of sp³-hybridized carbons (Fsp3) is 0.273. The molecule has 1 rings (SSSR count). The summed E-state index contributed by atoms with van der Waals surface area (Å²) in [6.45, 7) is 7.87. The zero-order valence-electron chi connectivity index (χ0n) is 8.12. The third-order valence-corrected chi connectivity index (χ3v) is 1.58. The maximum atomic E-state index is 4.18. The molecule has 1 heterocycles. The summed E-state index contributed by atoms with van der Waals surface area (Å²) < 4.78 is 0. The molecule has 2 nitrogen and oxygen atoms in total. The molecule has 1 aromatic heterocycles. The van der Waals surface area contributed by atoms with Crippen molar-refractivity contribution in [2.24, 2.45) is 0 Å². The van der Waals surface area contributed by atoms with Gasteiger partial charge in [-0.2, -0.15) is 0 Å². The first kappa shape index (κ1) is 9.65. The highest BCUT2D eigenvalue weighted by Crippen LogP contribution is 1.84. The molecule has 0 unspecified atom stereocenters. The van der Waals surface area contributed by atoms with Gasteiger partial charge in [-0.25, -0.2) is 9.97 Å². The zero-order valence-corrected chi connectivity index (χ0v) is 8.12. The Morgan fingerprint density at radius 3 is 3.00 bits per heavy atom. The molecule has 0 aliphatic rings. The molecule has 2 heteroatoms. The highest BCUT2D eigenvalue weighted by Gasteiger charge is 1.85. The Labute approximate surface area is 78.4 Å². The summed E-state index contributed by atoms with van der Waals surface area (Å²) in [5.74, 6) is 0. The Morgan fingerprint density at radius 2 is 2.38 bits per heavy atom. The van der Waals surface area contributed by atoms with Gasteiger partial charge in [0.2, 0.25) is 0 Å². The van der Waals surface area contributed by atoms with Crippen molar-refractivity contribution < 1.29 is 0 Å². The normalized spacial score (nSPS) is 13.4. The van der Waals surface area contributed by atoms with Crippen LogP contribution in [0, 0.1) is 0 Å². The van der Waals surface area contributed by atoms with E-state index in [2.05, 4.69) is 29.5 Å². The molecule has 0 fully saturated rings. The molecular weight excluding hydrogens is 160 g/mol. The smallest absolute Gasteiger partial charge is 0.116 e. The third-order valence-electron chi connectivity index (χ3n) is 1.58. The van der Waals surface area contributed by atoms with Crippen LogP contribution in [0.3, 0.4) is 0 Å². The Balaban J connectivity index is 3.37. The summed E-state index contributed by atoms with van der Waals surface area (Å²) in [6.07, 6.45) is 8.44. The molecule has 68 valence electrons. The van der Waals surface area contributed by atoms with Crippen LogP contribution in [0.1, 0.15) is 20.3 Å². The van der Waals surface area contributed by atoms with E-state index in [0.29, 0.717) is 0 Å². The van der Waals surface area contributed by atoms with E-state index in [-0.39, 0.29) is 0 Å². The predicted octanol–water partition coefficient (Wildman–Crippen LogP) is 1.02. The Hall–Kier alpha value is -1.44. The molecule has 0 aliphatic heterocycles. The van der Waals surface area contributed by atoms with E-state index < -0.39 is 0 Å². The Kier molecular flexibility index (Phi) is 3.38. The number of hydrogen-bond donors (Lipinski definition) is 0. The van der Waals surface area contributed by atoms with Gasteiger partial charge in [0.25, 0.3) is 0 Å². The van der Waals surface area contributed by atoms with Crippen molar-refractivity contribution in [2.75, 3.05) is 0 Å². The topological polar surface area (TPSA) is 25.8 Å². The van der Waals surface area contributed by atoms with Crippen molar-refractivity contribution in [2.45, 2.75) is 20.3 Å². The van der Waals surface area contributed by atoms with Gasteiger partial charge < -0.3 is 0 Å². The molecular formula is C11H14N2. The highest BCUT2D eigenvalue weighted by molar-refractivity contribution is 5.42. The monoisotopic (exact) mass is 174 g/mol. The summed E-state index contributed by atoms with van der Waals surface area (Å²) in [7, 11) is 0. The minimum absolute atomic E-state index is 0.948. The van der Waals surface area contributed by atoms with Gasteiger partial charge in [0, 0.05) is 11.4 Å². The summed E-state index contributed by atoms with van der Waals surface area (Å²) in [5.41, 5.74) is 1.00. The van der Waals surface area contributed by atoms with Gasteiger partial charge >= 0.3 is 0 Å². The van der Waals surface area contributed by atoms with Crippen molar-refractivity contribution in [3.63, 3.8) is 0 Å². The second-order valence-corrected chi connectivity index (χ2v) is 2.97. The van der Waals surface area contributed by atoms with Gasteiger partial charge in [-0.15, -0.1) is 0 Å². The molecule has 0 radical (unpaired) electrons. The largest absolute Gasteiger partial charge is 0.244 e. The van der Waals surface area contributed by atoms with E-state index in [1.807, 2.05) is 19.2 Å². The molecule has 0 N–H and O–H groups in total. The van der Waals surface area contributed by atoms with Crippen LogP contribution in [0.2, 0.25) is 0 Å². The molecule has 13 heavy (non-hydrogen) atoms. The molecule has 0 bridgehead atoms. The SMILES string of the molecule is C=C(C)/C=c1/ncnc/c1=C/CC. The number of aromatic nitrogens is 2. The number of nitrogens with zero attached hydrogens (tertiary/aromatic N) is 2. The summed E-state index contributed by atoms with van der Waals surface area (Å²) >= 11 is 0. The second kappa shape index (κ2) is 4.55. The van der Waals surface area contributed by atoms with Crippen LogP contribution in [0.4, 0.5) is 0 Å². The highest BCUT2D eigenvalue weighted by atomic mass is 14.8. The van der Waals surface area contributed by atoms with Crippen molar-refractivity contribution in [3.05, 3.63) is 35.2 Å². The van der Waals surface area contributed by atoms with E-state index in [1.165, 1.54) is 0 Å². The van der Waals surface area contributed by atoms with Crippen LogP contribution in [0.15, 0.2) is 24.7 Å². The van der Waals surface area contributed by atoms with E-state index >= 15 is 0 Å². The quantitative estimate of drug-likeness (QED) is 0.669. The van der Waals surface area contributed by atoms with Crippen LogP contribution in [-0.4, -0.2) is 9.97 Å². The van der Waals surface area contributed by atoms with Crippen molar-refractivity contribution >= 4 is 12.2 Å². The lowest BCUT2D eigenvalue weighted by Crippen LogP contribution is -2.28. The zero-order chi connectivity index (χ0) is 9.68. The van der Waals surface area contributed by atoms with Crippen molar-refractivity contribution in [1.82, 2.24) is 9.97 Å². The first-order valence-electron chi connectivity index (χ1n) is 4.37. The van der Waals surface area contributed by atoms with E-state index in [4.69, 9.17) is 0 Å². The molecule has 0 aliphatic carbocycles. The molecule has 0 atom stereocenters. The average Bonchev–Trinajstić information content (AvgIpc) is 2.08. The number of rotatable bonds is 2. The standard InChI is InChI=1S/C11H14N2/c1-4-5-10-7-12-8-13-11(10)6-9(2)3/h5-8H,2,4H2,1,3H3/b10-5-,11-6+. The van der Waals surface area contributed by atoms with E-state index in [1.54, 1.807) is 6.33 Å². The minimum atomic E-state index is 0.948. The molecule has 0 aromatic carbocycles. The van der Waals surface area contributed by atoms with Crippen LogP contribution >= 0.6 is 0 Å². The Morgan fingerprint density at radius 1 is 1.62 bits per heavy atom. The lowest BCUT2D eigenvalue weighted by molar-refractivity contribution is 1.09. The molecule has 0 amide bonds. The van der Waals surface area contributed by atoms with Gasteiger partial charge in [0.15, 0.2) is 0 Å². The Bertz CT molecular complexity index is 404. The average molecular weight is 174 g/mol. The van der Waals surface area contributed by atoms with Crippen LogP contribution in [0.5, 0.6) is 0 Å². The minimum Gasteiger partial charge on any atom is -0.244 e. The maximum absolute atomic E-state index is 4.18. The van der Waals surface area contributed by atoms with Gasteiger partial charge in [0.1, 0.15) is 6.33 Å². The van der Waals surface area contributed by atoms with Crippen molar-refractivity contribution in [1.29, 1.82) is 0 Å². The summed E-state index contributed by atoms with van der Waals surface area (Å²) in [5, 5.41) is 2.03. The fourth-order valence-electron chi connectivity index (χ4n) is 1.08. The molecule has 1 aromatic rings. The van der Waals surface area contributed by atoms with E-state index in [9.17, 15) is 0 Å². The molecule has 0 spiro atoms. The lowest BCUT2D eigenvalue weighted by atomic mass is 10.2. The second-order valence-electron chi connectivity index (χ2n) is 2.97. The summed E-state index contributed by atoms with van der Waals surface area (Å²) in [6, 6.07) is 0. The van der Waals surface area contributed by atoms with Crippen molar-refractivity contribution in [3.8, 4) is 0 Å². The van der Waals surface area contributed by atoms with E-state index in [0.717, 1.165) is 22.6 Å². The van der Waals surface area contributed by atoms with Gasteiger partial charge in [-0.05, 0) is 19.4 Å². The van der Waals surface area contributed by atoms with Crippen LogP contribution in [-0.2, 0) is 0 Å². The lowest BCUT2D eigenvalue weighted by Gasteiger charge is -1.89. The summed E-state index contributed by atoms with van der Waals surface area (Å²) in [4.78, 5) is 8.16. The predicted molar refractivity (Wildman–Crippen MR) is 55.3 cm³/mol. The first-order chi connectivity index (χ1) is 6.24.